The summed E-state index contributed by atoms with van der Waals surface area (Å²) in [4.78, 5) is 62.6. The van der Waals surface area contributed by atoms with Crippen LogP contribution in [0.2, 0.25) is 0 Å². The van der Waals surface area contributed by atoms with E-state index in [2.05, 4.69) is 53.4 Å². The quantitative estimate of drug-likeness (QED) is 0.0263. The monoisotopic (exact) mass is 1620 g/mol. The third-order valence-corrected chi connectivity index (χ3v) is 20.7. The summed E-state index contributed by atoms with van der Waals surface area (Å²) in [6.45, 7) is 22.5. The van der Waals surface area contributed by atoms with Crippen molar-refractivity contribution in [2.75, 3.05) is 10.6 Å². The van der Waals surface area contributed by atoms with Crippen molar-refractivity contribution in [1.29, 1.82) is 10.5 Å². The summed E-state index contributed by atoms with van der Waals surface area (Å²) in [5, 5.41) is 52.6. The molecule has 3 aromatic heterocycles. The molecule has 24 nitrogen and oxygen atoms in total. The molecule has 4 amide bonds. The van der Waals surface area contributed by atoms with Gasteiger partial charge in [0, 0.05) is 19.6 Å². The van der Waals surface area contributed by atoms with Gasteiger partial charge in [0.2, 0.25) is 0 Å². The van der Waals surface area contributed by atoms with E-state index in [0.717, 1.165) is 53.5 Å². The SMILES string of the molecule is Cc1cc(C(=O)Nc2cc(C(CCC3CC3)(N[S@@](=O)C(C)(C)C)c3cccc(C#N)c3)ccc2F)n(-c2cccc(CNC(=O)OC(C)(C)C)c2)n1.Cc1cc(C(=O)Nc2cc(C(N)(CCC3CC3)c3cccc(C#N)c3)ccc2F)n(-c2cccc(CN)c2)n1.Cc1cc(C(=O)O)n(-c2cccc(CNC(=O)OC(C)(C)C)c2)n1.Cl. The number of amides is 4. The molecule has 0 aliphatic heterocycles. The van der Waals surface area contributed by atoms with Gasteiger partial charge in [0.05, 0.1) is 95.6 Å². The number of carbonyl (C=O) groups is 5. The molecule has 608 valence electrons. The molecule has 2 saturated carbocycles. The lowest BCUT2D eigenvalue weighted by Gasteiger charge is -2.38. The van der Waals surface area contributed by atoms with Crippen LogP contribution in [0.15, 0.2) is 176 Å². The number of hydrogen-bond acceptors (Lipinski definition) is 15. The largest absolute Gasteiger partial charge is 0.477 e. The second-order valence-electron chi connectivity index (χ2n) is 32.0. The maximum absolute atomic E-state index is 15.7. The van der Waals surface area contributed by atoms with Crippen LogP contribution in [0.25, 0.3) is 17.1 Å². The Morgan fingerprint density at radius 3 is 1.34 bits per heavy atom. The van der Waals surface area contributed by atoms with E-state index in [1.54, 1.807) is 165 Å². The summed E-state index contributed by atoms with van der Waals surface area (Å²) in [5.41, 5.74) is 20.0. The molecule has 0 radical (unpaired) electrons. The first-order chi connectivity index (χ1) is 54.4. The molecule has 3 atom stereocenters. The van der Waals surface area contributed by atoms with Crippen LogP contribution < -0.4 is 37.5 Å². The molecule has 0 saturated heterocycles. The van der Waals surface area contributed by atoms with E-state index in [0.29, 0.717) is 87.6 Å². The summed E-state index contributed by atoms with van der Waals surface area (Å²) in [6, 6.07) is 54.5. The Labute approximate surface area is 683 Å². The van der Waals surface area contributed by atoms with Gasteiger partial charge in [-0.2, -0.15) is 25.8 Å². The summed E-state index contributed by atoms with van der Waals surface area (Å²) in [5.74, 6) is -2.20. The lowest BCUT2D eigenvalue weighted by atomic mass is 9.79. The van der Waals surface area contributed by atoms with Crippen LogP contribution in [0.4, 0.5) is 29.7 Å². The molecular weight excluding hydrogens is 1520 g/mol. The standard InChI is InChI=1S/C40H47FN6O4S.C31H31FN6O.C17H21N3O4.ClH/c1-26-20-35(47(45-26)32-13-9-11-29(22-32)25-43-37(49)51-38(2,3)4)36(48)44-34-23-31(16-17-33(34)41)40(19-18-27-14-15-27,46-52(50)39(5,6)7)30-12-8-10-28(21-30)24-42;1-20-14-29(38(37-20)26-7-3-5-23(16-26)19-34)30(39)36-28-17-25(10-11-27(28)32)31(35,13-12-21-8-9-21)24-6-2-4-22(15-24)18-33;1-11-8-14(15(21)22)20(19-11)13-7-5-6-12(9-13)10-18-16(23)24-17(2,3)4;/h8-13,16-17,20-23,27,46H,14-15,18-19,25H2,1-7H3,(H,43,49)(H,44,48);2-7,10-11,14-17,21H,8-9,12-13,19,34-35H2,1H3,(H,36,39);5-9H,10H2,1-4H3,(H,18,23)(H,21,22);1H/t40?,52-;;;/m0.../s1. The second-order valence-corrected chi connectivity index (χ2v) is 34.0. The highest BCUT2D eigenvalue weighted by Gasteiger charge is 2.41. The van der Waals surface area contributed by atoms with E-state index in [-0.39, 0.29) is 54.0 Å². The number of alkyl carbamates (subject to hydrolysis) is 2. The number of rotatable bonds is 25. The zero-order valence-corrected chi connectivity index (χ0v) is 68.8. The molecule has 116 heavy (non-hydrogen) atoms. The minimum Gasteiger partial charge on any atom is -0.477 e. The Hall–Kier alpha value is -11.7. The highest BCUT2D eigenvalue weighted by Crippen LogP contribution is 2.44. The van der Waals surface area contributed by atoms with Crippen LogP contribution in [0.5, 0.6) is 0 Å². The van der Waals surface area contributed by atoms with Crippen LogP contribution >= 0.6 is 12.4 Å². The van der Waals surface area contributed by atoms with Crippen molar-refractivity contribution in [2.45, 2.75) is 181 Å². The third kappa shape index (κ3) is 23.5. The van der Waals surface area contributed by atoms with Gasteiger partial charge in [0.1, 0.15) is 34.2 Å². The number of nitrogens with zero attached hydrogens (tertiary/aromatic N) is 8. The van der Waals surface area contributed by atoms with Crippen LogP contribution in [0, 0.1) is 66.9 Å². The molecule has 3 heterocycles. The molecule has 12 rings (SSSR count). The van der Waals surface area contributed by atoms with Crippen molar-refractivity contribution >= 4 is 64.7 Å². The number of aryl methyl sites for hydroxylation is 3. The van der Waals surface area contributed by atoms with Crippen molar-refractivity contribution in [3.63, 3.8) is 0 Å². The van der Waals surface area contributed by atoms with Gasteiger partial charge in [-0.15, -0.1) is 12.4 Å². The van der Waals surface area contributed by atoms with E-state index in [1.165, 1.54) is 45.1 Å². The maximum atomic E-state index is 15.7. The highest BCUT2D eigenvalue weighted by atomic mass is 35.5. The Bertz CT molecular complexity index is 5350. The Balaban J connectivity index is 0.000000211. The first kappa shape index (κ1) is 88.2. The van der Waals surface area contributed by atoms with Gasteiger partial charge >= 0.3 is 18.2 Å². The number of carboxylic acids is 1. The van der Waals surface area contributed by atoms with E-state index in [4.69, 9.17) is 20.9 Å². The molecule has 2 fully saturated rings. The molecule has 2 aliphatic carbocycles. The van der Waals surface area contributed by atoms with E-state index < -0.39 is 79.6 Å². The van der Waals surface area contributed by atoms with Crippen LogP contribution in [-0.2, 0) is 51.2 Å². The number of halogens is 3. The fourth-order valence-corrected chi connectivity index (χ4v) is 13.8. The summed E-state index contributed by atoms with van der Waals surface area (Å²) < 4.78 is 62.3. The number of aromatic carboxylic acids is 1. The molecule has 0 spiro atoms. The van der Waals surface area contributed by atoms with Crippen molar-refractivity contribution in [3.8, 4) is 29.2 Å². The van der Waals surface area contributed by atoms with Gasteiger partial charge < -0.3 is 47.3 Å². The lowest BCUT2D eigenvalue weighted by molar-refractivity contribution is 0.0512. The van der Waals surface area contributed by atoms with Gasteiger partial charge in [-0.25, -0.2) is 46.1 Å². The number of aromatic nitrogens is 6. The smallest absolute Gasteiger partial charge is 0.407 e. The average Bonchev–Trinajstić information content (AvgIpc) is 0.938. The van der Waals surface area contributed by atoms with Gasteiger partial charge in [0.25, 0.3) is 11.8 Å². The van der Waals surface area contributed by atoms with Crippen LogP contribution in [0.1, 0.15) is 212 Å². The number of nitriles is 2. The Kier molecular flexibility index (Phi) is 28.7. The number of ether oxygens (including phenoxy) is 2. The van der Waals surface area contributed by atoms with E-state index >= 15 is 8.78 Å². The number of carbonyl (C=O) groups excluding carboxylic acids is 4. The molecule has 10 aromatic rings. The predicted molar refractivity (Wildman–Crippen MR) is 445 cm³/mol. The van der Waals surface area contributed by atoms with Crippen LogP contribution in [0.3, 0.4) is 0 Å². The minimum atomic E-state index is -1.55. The topological polar surface area (TPSA) is 354 Å². The molecule has 28 heteroatoms. The van der Waals surface area contributed by atoms with Crippen molar-refractivity contribution < 1.29 is 51.5 Å². The first-order valence-electron chi connectivity index (χ1n) is 38.0. The third-order valence-electron chi connectivity index (χ3n) is 19.1. The Morgan fingerprint density at radius 2 is 0.905 bits per heavy atom. The van der Waals surface area contributed by atoms with Crippen molar-refractivity contribution in [2.24, 2.45) is 23.3 Å². The summed E-state index contributed by atoms with van der Waals surface area (Å²) in [7, 11) is -1.55. The van der Waals surface area contributed by atoms with Gasteiger partial charge in [0.15, 0.2) is 5.69 Å². The lowest BCUT2D eigenvalue weighted by Crippen LogP contribution is -2.49. The van der Waals surface area contributed by atoms with Gasteiger partial charge in [-0.3, -0.25) is 9.59 Å². The highest BCUT2D eigenvalue weighted by molar-refractivity contribution is 7.84. The molecule has 2 aliphatic rings. The first-order valence-corrected chi connectivity index (χ1v) is 39.2. The average molecular weight is 1620 g/mol. The fraction of sp³-hybridized carbons (Fsp3) is 0.341. The number of nitrogens with two attached hydrogens (primary N) is 2. The molecule has 0 bridgehead atoms. The van der Waals surface area contributed by atoms with E-state index in [1.807, 2.05) is 75.4 Å². The molecule has 7 aromatic carbocycles. The zero-order chi connectivity index (χ0) is 83.3. The fourth-order valence-electron chi connectivity index (χ4n) is 12.9. The number of carboxylic acid groups (broad SMARTS) is 1. The molecular formula is C88H100ClF2N15O9S. The molecule has 10 N–H and O–H groups in total. The maximum Gasteiger partial charge on any atom is 0.407 e. The minimum absolute atomic E-state index is 0. The van der Waals surface area contributed by atoms with Crippen molar-refractivity contribution in [3.05, 3.63) is 272 Å². The van der Waals surface area contributed by atoms with Gasteiger partial charge in [-0.1, -0.05) is 98.5 Å². The summed E-state index contributed by atoms with van der Waals surface area (Å²) in [6.07, 6.45) is 6.45. The number of nitrogens with one attached hydrogen (secondary N) is 5. The second kappa shape index (κ2) is 37.7. The van der Waals surface area contributed by atoms with E-state index in [9.17, 15) is 43.8 Å². The number of anilines is 2. The molecule has 2 unspecified atom stereocenters. The summed E-state index contributed by atoms with van der Waals surface area (Å²) >= 11 is 0. The number of hydrogen-bond donors (Lipinski definition) is 8. The van der Waals surface area contributed by atoms with Crippen molar-refractivity contribution in [1.82, 2.24) is 44.7 Å². The predicted octanol–water partition coefficient (Wildman–Crippen LogP) is 16.6. The van der Waals surface area contributed by atoms with Crippen LogP contribution in [-0.4, -0.2) is 84.6 Å². The Morgan fingerprint density at radius 1 is 0.526 bits per heavy atom. The van der Waals surface area contributed by atoms with Gasteiger partial charge in [-0.05, 0) is 263 Å². The number of benzene rings is 7. The normalized spacial score (nSPS) is 13.8. The zero-order valence-electron chi connectivity index (χ0n) is 67.2.